The second-order valence-corrected chi connectivity index (χ2v) is 4.54. The Kier molecular flexibility index (Phi) is 4.35. The number of aryl methyl sites for hydroxylation is 1. The van der Waals surface area contributed by atoms with E-state index in [0.29, 0.717) is 12.3 Å². The second-order valence-electron chi connectivity index (χ2n) is 4.54. The van der Waals surface area contributed by atoms with Gasteiger partial charge in [-0.2, -0.15) is 0 Å². The van der Waals surface area contributed by atoms with Crippen molar-refractivity contribution in [3.05, 3.63) is 47.5 Å². The molecule has 2 aromatic carbocycles. The number of phenolic OH excluding ortho intramolecular Hbond substituents is 1. The summed E-state index contributed by atoms with van der Waals surface area (Å²) in [4.78, 5) is 0. The largest absolute Gasteiger partial charge is 0.504 e. The van der Waals surface area contributed by atoms with Crippen LogP contribution in [0, 0.1) is 6.92 Å². The van der Waals surface area contributed by atoms with Crippen LogP contribution in [0.15, 0.2) is 36.4 Å². The van der Waals surface area contributed by atoms with Crippen LogP contribution in [0.25, 0.3) is 0 Å². The minimum atomic E-state index is 0.151. The van der Waals surface area contributed by atoms with Gasteiger partial charge in [-0.05, 0) is 48.4 Å². The molecule has 2 aromatic rings. The standard InChI is InChI=1S/C16H19NO3/c1-11-8-13(5-7-15(11)19-2)17-10-12-4-6-16(20-3)14(18)9-12/h4-9,17-18H,10H2,1-3H3. The highest BCUT2D eigenvalue weighted by atomic mass is 16.5. The number of anilines is 1. The summed E-state index contributed by atoms with van der Waals surface area (Å²) in [7, 11) is 3.20. The van der Waals surface area contributed by atoms with Gasteiger partial charge in [0.1, 0.15) is 5.75 Å². The van der Waals surface area contributed by atoms with Gasteiger partial charge < -0.3 is 19.9 Å². The summed E-state index contributed by atoms with van der Waals surface area (Å²) in [5.41, 5.74) is 3.07. The van der Waals surface area contributed by atoms with Crippen LogP contribution in [0.2, 0.25) is 0 Å². The molecular weight excluding hydrogens is 254 g/mol. The Labute approximate surface area is 119 Å². The average Bonchev–Trinajstić information content (AvgIpc) is 2.45. The van der Waals surface area contributed by atoms with Gasteiger partial charge in [0.05, 0.1) is 14.2 Å². The fraction of sp³-hybridized carbons (Fsp3) is 0.250. The molecule has 0 amide bonds. The third kappa shape index (κ3) is 3.15. The maximum atomic E-state index is 9.73. The van der Waals surface area contributed by atoms with Gasteiger partial charge in [-0.25, -0.2) is 0 Å². The van der Waals surface area contributed by atoms with Gasteiger partial charge in [0.25, 0.3) is 0 Å². The lowest BCUT2D eigenvalue weighted by atomic mass is 10.1. The van der Waals surface area contributed by atoms with E-state index in [9.17, 15) is 5.11 Å². The molecule has 0 unspecified atom stereocenters. The molecular formula is C16H19NO3. The van der Waals surface area contributed by atoms with Gasteiger partial charge >= 0.3 is 0 Å². The monoisotopic (exact) mass is 273 g/mol. The van der Waals surface area contributed by atoms with Gasteiger partial charge in [0.15, 0.2) is 11.5 Å². The molecule has 2 rings (SSSR count). The Hall–Kier alpha value is -2.36. The Bertz CT molecular complexity index is 543. The average molecular weight is 273 g/mol. The van der Waals surface area contributed by atoms with Crippen LogP contribution in [-0.4, -0.2) is 19.3 Å². The minimum Gasteiger partial charge on any atom is -0.504 e. The van der Waals surface area contributed by atoms with Gasteiger partial charge in [0, 0.05) is 12.2 Å². The number of rotatable bonds is 5. The molecule has 0 aromatic heterocycles. The molecule has 0 saturated heterocycles. The highest BCUT2D eigenvalue weighted by Crippen LogP contribution is 2.27. The minimum absolute atomic E-state index is 0.151. The summed E-state index contributed by atoms with van der Waals surface area (Å²) in [6.45, 7) is 2.63. The van der Waals surface area contributed by atoms with Crippen LogP contribution < -0.4 is 14.8 Å². The van der Waals surface area contributed by atoms with Crippen molar-refractivity contribution in [2.45, 2.75) is 13.5 Å². The van der Waals surface area contributed by atoms with Gasteiger partial charge in [-0.1, -0.05) is 6.07 Å². The number of benzene rings is 2. The summed E-state index contributed by atoms with van der Waals surface area (Å²) in [5.74, 6) is 1.50. The lowest BCUT2D eigenvalue weighted by Gasteiger charge is -2.11. The number of nitrogens with one attached hydrogen (secondary N) is 1. The molecule has 0 aliphatic heterocycles. The molecule has 0 aliphatic rings. The summed E-state index contributed by atoms with van der Waals surface area (Å²) in [6.07, 6.45) is 0. The number of hydrogen-bond acceptors (Lipinski definition) is 4. The van der Waals surface area contributed by atoms with Gasteiger partial charge in [0.2, 0.25) is 0 Å². The van der Waals surface area contributed by atoms with Crippen molar-refractivity contribution in [1.29, 1.82) is 0 Å². The van der Waals surface area contributed by atoms with E-state index in [1.807, 2.05) is 31.2 Å². The van der Waals surface area contributed by atoms with E-state index in [1.165, 1.54) is 7.11 Å². The van der Waals surface area contributed by atoms with Gasteiger partial charge in [-0.15, -0.1) is 0 Å². The third-order valence-corrected chi connectivity index (χ3v) is 3.13. The van der Waals surface area contributed by atoms with E-state index in [1.54, 1.807) is 19.2 Å². The Morgan fingerprint density at radius 3 is 2.30 bits per heavy atom. The molecule has 0 radical (unpaired) electrons. The maximum Gasteiger partial charge on any atom is 0.160 e. The Morgan fingerprint density at radius 2 is 1.70 bits per heavy atom. The number of hydrogen-bond donors (Lipinski definition) is 2. The van der Waals surface area contributed by atoms with E-state index in [2.05, 4.69) is 5.32 Å². The molecule has 0 heterocycles. The molecule has 4 heteroatoms. The molecule has 0 aliphatic carbocycles. The predicted octanol–water partition coefficient (Wildman–Crippen LogP) is 3.33. The van der Waals surface area contributed by atoms with Crippen LogP contribution in [0.1, 0.15) is 11.1 Å². The second kappa shape index (κ2) is 6.19. The Morgan fingerprint density at radius 1 is 1.00 bits per heavy atom. The first-order chi connectivity index (χ1) is 9.63. The van der Waals surface area contributed by atoms with Crippen molar-refractivity contribution in [2.24, 2.45) is 0 Å². The van der Waals surface area contributed by atoms with Crippen LogP contribution >= 0.6 is 0 Å². The smallest absolute Gasteiger partial charge is 0.160 e. The first-order valence-electron chi connectivity index (χ1n) is 6.38. The van der Waals surface area contributed by atoms with Crippen molar-refractivity contribution in [3.8, 4) is 17.2 Å². The Balaban J connectivity index is 2.05. The molecule has 20 heavy (non-hydrogen) atoms. The van der Waals surface area contributed by atoms with E-state index in [4.69, 9.17) is 9.47 Å². The molecule has 0 fully saturated rings. The van der Waals surface area contributed by atoms with Crippen molar-refractivity contribution in [3.63, 3.8) is 0 Å². The predicted molar refractivity (Wildman–Crippen MR) is 79.7 cm³/mol. The first kappa shape index (κ1) is 14.1. The van der Waals surface area contributed by atoms with Crippen LogP contribution in [0.3, 0.4) is 0 Å². The molecule has 0 saturated carbocycles. The summed E-state index contributed by atoms with van der Waals surface area (Å²) >= 11 is 0. The zero-order valence-electron chi connectivity index (χ0n) is 11.9. The normalized spacial score (nSPS) is 10.2. The quantitative estimate of drug-likeness (QED) is 0.877. The molecule has 4 nitrogen and oxygen atoms in total. The molecule has 0 spiro atoms. The maximum absolute atomic E-state index is 9.73. The zero-order valence-corrected chi connectivity index (χ0v) is 11.9. The topological polar surface area (TPSA) is 50.7 Å². The number of methoxy groups -OCH3 is 2. The van der Waals surface area contributed by atoms with Crippen molar-refractivity contribution in [1.82, 2.24) is 0 Å². The van der Waals surface area contributed by atoms with Crippen molar-refractivity contribution >= 4 is 5.69 Å². The van der Waals surface area contributed by atoms with E-state index >= 15 is 0 Å². The van der Waals surface area contributed by atoms with Crippen molar-refractivity contribution in [2.75, 3.05) is 19.5 Å². The SMILES string of the molecule is COc1ccc(NCc2ccc(OC)c(O)c2)cc1C. The summed E-state index contributed by atoms with van der Waals surface area (Å²) in [5, 5.41) is 13.0. The summed E-state index contributed by atoms with van der Waals surface area (Å²) < 4.78 is 10.2. The highest BCUT2D eigenvalue weighted by Gasteiger charge is 2.03. The first-order valence-corrected chi connectivity index (χ1v) is 6.38. The lowest BCUT2D eigenvalue weighted by Crippen LogP contribution is -2.00. The number of ether oxygens (including phenoxy) is 2. The van der Waals surface area contributed by atoms with Gasteiger partial charge in [-0.3, -0.25) is 0 Å². The van der Waals surface area contributed by atoms with Crippen LogP contribution in [0.4, 0.5) is 5.69 Å². The number of phenols is 1. The summed E-state index contributed by atoms with van der Waals surface area (Å²) in [6, 6.07) is 11.3. The van der Waals surface area contributed by atoms with E-state index in [0.717, 1.165) is 22.6 Å². The van der Waals surface area contributed by atoms with Crippen LogP contribution in [0.5, 0.6) is 17.2 Å². The molecule has 0 bridgehead atoms. The van der Waals surface area contributed by atoms with Crippen LogP contribution in [-0.2, 0) is 6.54 Å². The molecule has 106 valence electrons. The van der Waals surface area contributed by atoms with Crippen molar-refractivity contribution < 1.29 is 14.6 Å². The zero-order chi connectivity index (χ0) is 14.5. The van der Waals surface area contributed by atoms with E-state index < -0.39 is 0 Å². The fourth-order valence-corrected chi connectivity index (χ4v) is 2.04. The van der Waals surface area contributed by atoms with E-state index in [-0.39, 0.29) is 5.75 Å². The lowest BCUT2D eigenvalue weighted by molar-refractivity contribution is 0.373. The third-order valence-electron chi connectivity index (χ3n) is 3.13. The molecule has 0 atom stereocenters. The molecule has 2 N–H and O–H groups in total. The fourth-order valence-electron chi connectivity index (χ4n) is 2.04. The highest BCUT2D eigenvalue weighted by molar-refractivity contribution is 5.51. The number of aromatic hydroxyl groups is 1.